The molecule has 1 aliphatic heterocycles. The number of hydrogen-bond acceptors (Lipinski definition) is 5. The van der Waals surface area contributed by atoms with E-state index in [4.69, 9.17) is 4.74 Å². The van der Waals surface area contributed by atoms with Gasteiger partial charge in [0.25, 0.3) is 0 Å². The summed E-state index contributed by atoms with van der Waals surface area (Å²) >= 11 is 0. The summed E-state index contributed by atoms with van der Waals surface area (Å²) in [5.41, 5.74) is 0.704. The zero-order valence-electron chi connectivity index (χ0n) is 17.7. The lowest BCUT2D eigenvalue weighted by Crippen LogP contribution is -2.52. The molecule has 2 aliphatic rings. The minimum absolute atomic E-state index is 0.0752. The largest absolute Gasteiger partial charge is 0.394 e. The molecule has 1 aliphatic carbocycles. The molecule has 2 fully saturated rings. The van der Waals surface area contributed by atoms with Crippen molar-refractivity contribution >= 4 is 15.9 Å². The van der Waals surface area contributed by atoms with Gasteiger partial charge in [-0.15, -0.1) is 0 Å². The third-order valence-electron chi connectivity index (χ3n) is 6.24. The molecule has 3 atom stereocenters. The van der Waals surface area contributed by atoms with E-state index in [0.29, 0.717) is 12.0 Å². The molecule has 168 valence electrons. The summed E-state index contributed by atoms with van der Waals surface area (Å²) in [6.45, 7) is 1.87. The lowest BCUT2D eigenvalue weighted by Gasteiger charge is -2.37. The third-order valence-corrected chi connectivity index (χ3v) is 7.86. The van der Waals surface area contributed by atoms with Crippen LogP contribution in [0.1, 0.15) is 56.9 Å². The molecule has 1 aromatic rings. The Labute approximate surface area is 179 Å². The van der Waals surface area contributed by atoms with Crippen LogP contribution < -0.4 is 10.0 Å². The normalized spacial score (nSPS) is 25.7. The Bertz CT molecular complexity index is 808. The van der Waals surface area contributed by atoms with Crippen molar-refractivity contribution in [2.24, 2.45) is 5.92 Å². The van der Waals surface area contributed by atoms with Crippen LogP contribution in [0.4, 0.5) is 0 Å². The molecule has 8 heteroatoms. The molecule has 3 N–H and O–H groups in total. The number of carbonyl (C=O) groups excluding carboxylic acids is 1. The number of amides is 1. The molecule has 0 spiro atoms. The van der Waals surface area contributed by atoms with E-state index in [-0.39, 0.29) is 42.0 Å². The minimum atomic E-state index is -3.56. The third kappa shape index (κ3) is 6.03. The predicted octanol–water partition coefficient (Wildman–Crippen LogP) is 2.27. The molecule has 30 heavy (non-hydrogen) atoms. The first kappa shape index (κ1) is 23.2. The number of sulfonamides is 1. The van der Waals surface area contributed by atoms with Crippen LogP contribution in [0.2, 0.25) is 0 Å². The minimum Gasteiger partial charge on any atom is -0.394 e. The van der Waals surface area contributed by atoms with Crippen LogP contribution in [-0.4, -0.2) is 50.8 Å². The number of nitrogens with one attached hydrogen (secondary N) is 2. The number of benzene rings is 1. The van der Waals surface area contributed by atoms with Gasteiger partial charge in [0.2, 0.25) is 15.9 Å². The van der Waals surface area contributed by atoms with Crippen molar-refractivity contribution in [1.29, 1.82) is 0 Å². The van der Waals surface area contributed by atoms with E-state index in [1.807, 2.05) is 6.07 Å². The van der Waals surface area contributed by atoms with Crippen molar-refractivity contribution in [3.8, 4) is 0 Å². The second-order valence-corrected chi connectivity index (χ2v) is 10.2. The fraction of sp³-hybridized carbons (Fsp3) is 0.682. The first-order valence-corrected chi connectivity index (χ1v) is 12.5. The summed E-state index contributed by atoms with van der Waals surface area (Å²) in [5.74, 6) is 0.151. The molecule has 3 rings (SSSR count). The van der Waals surface area contributed by atoms with Gasteiger partial charge in [-0.3, -0.25) is 4.79 Å². The standard InChI is InChI=1S/C22H34N2O5S/c1-16-7-5-6-10-21(16)30(27,28)23-14-13-18-11-12-19(20(15-25)29-18)24-22(26)17-8-3-2-4-9-17/h5-7,10,17-20,23,25H,2-4,8-9,11-15H2,1H3,(H,24,26)/t18-,19-,20+/m0/s1. The second-order valence-electron chi connectivity index (χ2n) is 8.46. The van der Waals surface area contributed by atoms with E-state index >= 15 is 0 Å². The number of hydrogen-bond donors (Lipinski definition) is 3. The monoisotopic (exact) mass is 438 g/mol. The first-order chi connectivity index (χ1) is 14.4. The van der Waals surface area contributed by atoms with Gasteiger partial charge in [-0.05, 0) is 50.7 Å². The molecule has 7 nitrogen and oxygen atoms in total. The summed E-state index contributed by atoms with van der Waals surface area (Å²) in [6.07, 6.45) is 6.63. The maximum Gasteiger partial charge on any atom is 0.240 e. The highest BCUT2D eigenvalue weighted by molar-refractivity contribution is 7.89. The van der Waals surface area contributed by atoms with Crippen LogP contribution in [0.5, 0.6) is 0 Å². The molecule has 0 aromatic heterocycles. The van der Waals surface area contributed by atoms with Gasteiger partial charge in [-0.2, -0.15) is 0 Å². The number of ether oxygens (including phenoxy) is 1. The van der Waals surface area contributed by atoms with Crippen LogP contribution in [0, 0.1) is 12.8 Å². The molecule has 1 saturated carbocycles. The summed E-state index contributed by atoms with van der Waals surface area (Å²) < 4.78 is 33.6. The van der Waals surface area contributed by atoms with E-state index in [1.165, 1.54) is 6.42 Å². The van der Waals surface area contributed by atoms with Crippen molar-refractivity contribution in [1.82, 2.24) is 10.0 Å². The number of aryl methyl sites for hydroxylation is 1. The van der Waals surface area contributed by atoms with Gasteiger partial charge < -0.3 is 15.2 Å². The summed E-state index contributed by atoms with van der Waals surface area (Å²) in [6, 6.07) is 6.69. The Morgan fingerprint density at radius 2 is 1.87 bits per heavy atom. The Hall–Kier alpha value is -1.48. The van der Waals surface area contributed by atoms with E-state index in [1.54, 1.807) is 25.1 Å². The van der Waals surface area contributed by atoms with Gasteiger partial charge >= 0.3 is 0 Å². The van der Waals surface area contributed by atoms with Crippen LogP contribution in [0.3, 0.4) is 0 Å². The summed E-state index contributed by atoms with van der Waals surface area (Å²) in [5, 5.41) is 12.8. The Balaban J connectivity index is 1.47. The van der Waals surface area contributed by atoms with Gasteiger partial charge in [-0.1, -0.05) is 37.5 Å². The summed E-state index contributed by atoms with van der Waals surface area (Å²) in [4.78, 5) is 12.8. The Morgan fingerprint density at radius 1 is 1.13 bits per heavy atom. The second kappa shape index (κ2) is 10.7. The maximum atomic E-state index is 12.5. The number of rotatable bonds is 8. The van der Waals surface area contributed by atoms with Crippen molar-refractivity contribution in [2.45, 2.75) is 81.4 Å². The molecular weight excluding hydrogens is 404 g/mol. The average Bonchev–Trinajstić information content (AvgIpc) is 2.75. The zero-order chi connectivity index (χ0) is 21.6. The number of aliphatic hydroxyl groups is 1. The van der Waals surface area contributed by atoms with Crippen molar-refractivity contribution in [2.75, 3.05) is 13.2 Å². The Kier molecular flexibility index (Phi) is 8.27. The fourth-order valence-corrected chi connectivity index (χ4v) is 5.76. The van der Waals surface area contributed by atoms with Crippen LogP contribution in [0.15, 0.2) is 29.2 Å². The highest BCUT2D eigenvalue weighted by Gasteiger charge is 2.33. The van der Waals surface area contributed by atoms with Gasteiger partial charge in [0.05, 0.1) is 23.6 Å². The first-order valence-electron chi connectivity index (χ1n) is 11.0. The molecule has 0 radical (unpaired) electrons. The molecule has 1 heterocycles. The molecular formula is C22H34N2O5S. The topological polar surface area (TPSA) is 105 Å². The molecule has 1 aromatic carbocycles. The number of carbonyl (C=O) groups is 1. The van der Waals surface area contributed by atoms with Crippen LogP contribution in [0.25, 0.3) is 0 Å². The number of aliphatic hydroxyl groups excluding tert-OH is 1. The van der Waals surface area contributed by atoms with E-state index in [0.717, 1.165) is 38.5 Å². The fourth-order valence-electron chi connectivity index (χ4n) is 4.46. The van der Waals surface area contributed by atoms with Gasteiger partial charge in [0.1, 0.15) is 6.10 Å². The van der Waals surface area contributed by atoms with Crippen molar-refractivity contribution in [3.63, 3.8) is 0 Å². The average molecular weight is 439 g/mol. The lowest BCUT2D eigenvalue weighted by molar-refractivity contribution is -0.132. The van der Waals surface area contributed by atoms with Crippen molar-refractivity contribution < 1.29 is 23.1 Å². The zero-order valence-corrected chi connectivity index (χ0v) is 18.5. The molecule has 0 bridgehead atoms. The van der Waals surface area contributed by atoms with Gasteiger partial charge in [-0.25, -0.2) is 13.1 Å². The molecule has 0 unspecified atom stereocenters. The highest BCUT2D eigenvalue weighted by Crippen LogP contribution is 2.26. The molecule has 1 saturated heterocycles. The smallest absolute Gasteiger partial charge is 0.240 e. The van der Waals surface area contributed by atoms with Gasteiger partial charge in [0, 0.05) is 12.5 Å². The summed E-state index contributed by atoms with van der Waals surface area (Å²) in [7, 11) is -3.56. The van der Waals surface area contributed by atoms with Crippen LogP contribution in [-0.2, 0) is 19.6 Å². The molecule has 1 amide bonds. The SMILES string of the molecule is Cc1ccccc1S(=O)(=O)NCC[C@@H]1CC[C@H](NC(=O)C2CCCCC2)[C@@H](CO)O1. The lowest BCUT2D eigenvalue weighted by atomic mass is 9.88. The Morgan fingerprint density at radius 3 is 2.57 bits per heavy atom. The quantitative estimate of drug-likeness (QED) is 0.578. The maximum absolute atomic E-state index is 12.5. The van der Waals surface area contributed by atoms with E-state index in [9.17, 15) is 18.3 Å². The van der Waals surface area contributed by atoms with Gasteiger partial charge in [0.15, 0.2) is 0 Å². The van der Waals surface area contributed by atoms with Crippen molar-refractivity contribution in [3.05, 3.63) is 29.8 Å². The highest BCUT2D eigenvalue weighted by atomic mass is 32.2. The van der Waals surface area contributed by atoms with E-state index in [2.05, 4.69) is 10.0 Å². The van der Waals surface area contributed by atoms with E-state index < -0.39 is 16.1 Å². The van der Waals surface area contributed by atoms with Crippen LogP contribution >= 0.6 is 0 Å². The predicted molar refractivity (Wildman–Crippen MR) is 114 cm³/mol.